The Balaban J connectivity index is 2.06. The third-order valence-electron chi connectivity index (χ3n) is 6.95. The highest BCUT2D eigenvalue weighted by atomic mass is 32.2. The summed E-state index contributed by atoms with van der Waals surface area (Å²) < 4.78 is 44.9. The van der Waals surface area contributed by atoms with Gasteiger partial charge in [-0.3, -0.25) is 13.9 Å². The first-order chi connectivity index (χ1) is 20.0. The summed E-state index contributed by atoms with van der Waals surface area (Å²) >= 11 is 0. The molecule has 11 heteroatoms. The number of sulfonamides is 1. The van der Waals surface area contributed by atoms with Gasteiger partial charge in [0, 0.05) is 18.7 Å². The Hall–Kier alpha value is -4.25. The number of amides is 2. The molecule has 2 atom stereocenters. The molecule has 2 amide bonds. The minimum absolute atomic E-state index is 0.0110. The van der Waals surface area contributed by atoms with Crippen molar-refractivity contribution in [2.24, 2.45) is 0 Å². The lowest BCUT2D eigenvalue weighted by molar-refractivity contribution is -0.139. The Morgan fingerprint density at radius 2 is 1.50 bits per heavy atom. The Morgan fingerprint density at radius 1 is 0.857 bits per heavy atom. The van der Waals surface area contributed by atoms with E-state index in [0.717, 1.165) is 9.87 Å². The lowest BCUT2D eigenvalue weighted by Crippen LogP contribution is -2.52. The molecule has 0 aromatic heterocycles. The minimum atomic E-state index is -4.21. The van der Waals surface area contributed by atoms with E-state index >= 15 is 0 Å². The van der Waals surface area contributed by atoms with Crippen molar-refractivity contribution in [2.75, 3.05) is 32.2 Å². The molecule has 0 aliphatic heterocycles. The van der Waals surface area contributed by atoms with Crippen LogP contribution in [0.2, 0.25) is 0 Å². The average Bonchev–Trinajstić information content (AvgIpc) is 3.02. The lowest BCUT2D eigenvalue weighted by atomic mass is 10.1. The van der Waals surface area contributed by atoms with Crippen LogP contribution in [0.15, 0.2) is 77.7 Å². The molecule has 0 spiro atoms. The van der Waals surface area contributed by atoms with E-state index in [9.17, 15) is 18.0 Å². The van der Waals surface area contributed by atoms with Crippen molar-refractivity contribution in [1.82, 2.24) is 10.2 Å². The number of ether oxygens (including phenoxy) is 3. The topological polar surface area (TPSA) is 114 Å². The van der Waals surface area contributed by atoms with E-state index in [1.165, 1.54) is 37.3 Å². The first-order valence-corrected chi connectivity index (χ1v) is 15.0. The van der Waals surface area contributed by atoms with Crippen molar-refractivity contribution in [1.29, 1.82) is 0 Å². The summed E-state index contributed by atoms with van der Waals surface area (Å²) in [5.74, 6) is 0.447. The Bertz CT molecular complexity index is 1450. The highest BCUT2D eigenvalue weighted by Gasteiger charge is 2.33. The normalized spacial score (nSPS) is 12.5. The number of nitrogens with zero attached hydrogens (tertiary/aromatic N) is 2. The van der Waals surface area contributed by atoms with Gasteiger partial charge in [0.25, 0.3) is 10.0 Å². The first-order valence-electron chi connectivity index (χ1n) is 13.6. The zero-order chi connectivity index (χ0) is 30.9. The number of rotatable bonds is 14. The van der Waals surface area contributed by atoms with Crippen molar-refractivity contribution >= 4 is 27.5 Å². The number of methoxy groups -OCH3 is 3. The fraction of sp³-hybridized carbons (Fsp3) is 0.355. The molecule has 0 fully saturated rings. The molecule has 3 rings (SSSR count). The van der Waals surface area contributed by atoms with Gasteiger partial charge < -0.3 is 24.4 Å². The molecule has 0 heterocycles. The molecule has 0 saturated carbocycles. The molecular formula is C31H39N3O7S. The fourth-order valence-corrected chi connectivity index (χ4v) is 5.63. The average molecular weight is 598 g/mol. The van der Waals surface area contributed by atoms with Crippen molar-refractivity contribution < 1.29 is 32.2 Å². The second-order valence-corrected chi connectivity index (χ2v) is 11.6. The van der Waals surface area contributed by atoms with Gasteiger partial charge in [0.05, 0.1) is 31.9 Å². The smallest absolute Gasteiger partial charge is 0.264 e. The molecule has 0 bridgehead atoms. The number of carbonyl (C=O) groups is 2. The van der Waals surface area contributed by atoms with Crippen molar-refractivity contribution in [2.45, 2.75) is 50.7 Å². The van der Waals surface area contributed by atoms with Gasteiger partial charge in [-0.2, -0.15) is 0 Å². The summed E-state index contributed by atoms with van der Waals surface area (Å²) in [5.41, 5.74) is 0.946. The van der Waals surface area contributed by atoms with Crippen LogP contribution in [-0.2, 0) is 26.2 Å². The molecule has 1 N–H and O–H groups in total. The minimum Gasteiger partial charge on any atom is -0.497 e. The van der Waals surface area contributed by atoms with Crippen LogP contribution in [0.25, 0.3) is 0 Å². The summed E-state index contributed by atoms with van der Waals surface area (Å²) in [4.78, 5) is 28.7. The third kappa shape index (κ3) is 7.73. The number of hydrogen-bond acceptors (Lipinski definition) is 7. The van der Waals surface area contributed by atoms with Crippen LogP contribution in [0.3, 0.4) is 0 Å². The number of anilines is 1. The van der Waals surface area contributed by atoms with Crippen LogP contribution in [0.5, 0.6) is 17.2 Å². The van der Waals surface area contributed by atoms with Crippen LogP contribution in [0.1, 0.15) is 32.8 Å². The molecule has 42 heavy (non-hydrogen) atoms. The van der Waals surface area contributed by atoms with Crippen LogP contribution in [-0.4, -0.2) is 65.1 Å². The van der Waals surface area contributed by atoms with E-state index in [0.29, 0.717) is 23.7 Å². The van der Waals surface area contributed by atoms with Gasteiger partial charge in [-0.1, -0.05) is 37.3 Å². The zero-order valence-corrected chi connectivity index (χ0v) is 25.7. The van der Waals surface area contributed by atoms with Gasteiger partial charge in [-0.25, -0.2) is 8.42 Å². The first kappa shape index (κ1) is 32.3. The van der Waals surface area contributed by atoms with Crippen LogP contribution < -0.4 is 23.8 Å². The number of nitrogens with one attached hydrogen (secondary N) is 1. The summed E-state index contributed by atoms with van der Waals surface area (Å²) in [7, 11) is 0.268. The van der Waals surface area contributed by atoms with E-state index in [4.69, 9.17) is 14.2 Å². The van der Waals surface area contributed by atoms with Gasteiger partial charge in [-0.15, -0.1) is 0 Å². The second-order valence-electron chi connectivity index (χ2n) is 9.73. The predicted molar refractivity (Wildman–Crippen MR) is 161 cm³/mol. The molecule has 2 unspecified atom stereocenters. The Kier molecular flexibility index (Phi) is 11.2. The van der Waals surface area contributed by atoms with Crippen molar-refractivity contribution in [3.8, 4) is 17.2 Å². The highest BCUT2D eigenvalue weighted by molar-refractivity contribution is 7.92. The zero-order valence-electron chi connectivity index (χ0n) is 24.9. The largest absolute Gasteiger partial charge is 0.497 e. The van der Waals surface area contributed by atoms with Crippen LogP contribution >= 0.6 is 0 Å². The molecule has 3 aromatic carbocycles. The van der Waals surface area contributed by atoms with E-state index in [1.54, 1.807) is 68.6 Å². The number of carbonyl (C=O) groups excluding carboxylic acids is 2. The summed E-state index contributed by atoms with van der Waals surface area (Å²) in [5, 5.41) is 2.92. The molecule has 226 valence electrons. The van der Waals surface area contributed by atoms with Gasteiger partial charge in [0.2, 0.25) is 11.8 Å². The van der Waals surface area contributed by atoms with Crippen LogP contribution in [0, 0.1) is 0 Å². The molecule has 3 aromatic rings. The monoisotopic (exact) mass is 597 g/mol. The highest BCUT2D eigenvalue weighted by Crippen LogP contribution is 2.34. The molecular weight excluding hydrogens is 558 g/mol. The van der Waals surface area contributed by atoms with Gasteiger partial charge in [-0.05, 0) is 62.2 Å². The Labute approximate surface area is 248 Å². The van der Waals surface area contributed by atoms with E-state index in [2.05, 4.69) is 5.32 Å². The number of benzene rings is 3. The van der Waals surface area contributed by atoms with Crippen molar-refractivity contribution in [3.05, 3.63) is 78.4 Å². The summed E-state index contributed by atoms with van der Waals surface area (Å²) in [6.45, 7) is 4.97. The van der Waals surface area contributed by atoms with Gasteiger partial charge >= 0.3 is 0 Å². The van der Waals surface area contributed by atoms with Crippen molar-refractivity contribution in [3.63, 3.8) is 0 Å². The van der Waals surface area contributed by atoms with E-state index < -0.39 is 28.5 Å². The maximum atomic E-state index is 14.1. The lowest BCUT2D eigenvalue weighted by Gasteiger charge is -2.32. The quantitative estimate of drug-likeness (QED) is 0.296. The molecule has 0 aliphatic rings. The standard InChI is InChI=1S/C31H39N3O7S/c1-7-22(2)32-31(36)23(3)33(20-24-13-16-26(39-4)17-14-24)30(35)21-34(42(37,38)27-11-9-8-10-12-27)25-15-18-28(40-5)29(19-25)41-6/h8-19,22-23H,7,20-21H2,1-6H3,(H,32,36). The van der Waals surface area contributed by atoms with E-state index in [1.807, 2.05) is 13.8 Å². The molecule has 0 radical (unpaired) electrons. The predicted octanol–water partition coefficient (Wildman–Crippen LogP) is 4.24. The Morgan fingerprint density at radius 3 is 2.07 bits per heavy atom. The molecule has 0 saturated heterocycles. The van der Waals surface area contributed by atoms with Gasteiger partial charge in [0.1, 0.15) is 18.3 Å². The SMILES string of the molecule is CCC(C)NC(=O)C(C)N(Cc1ccc(OC)cc1)C(=O)CN(c1ccc(OC)c(OC)c1)S(=O)(=O)c1ccccc1. The number of hydrogen-bond donors (Lipinski definition) is 1. The summed E-state index contributed by atoms with van der Waals surface area (Å²) in [6, 6.07) is 18.6. The third-order valence-corrected chi connectivity index (χ3v) is 8.73. The van der Waals surface area contributed by atoms with E-state index in [-0.39, 0.29) is 29.1 Å². The second kappa shape index (κ2) is 14.6. The summed E-state index contributed by atoms with van der Waals surface area (Å²) in [6.07, 6.45) is 0.716. The maximum Gasteiger partial charge on any atom is 0.264 e. The fourth-order valence-electron chi connectivity index (χ4n) is 4.20. The van der Waals surface area contributed by atoms with Gasteiger partial charge in [0.15, 0.2) is 11.5 Å². The van der Waals surface area contributed by atoms with Crippen LogP contribution in [0.4, 0.5) is 5.69 Å². The molecule has 0 aliphatic carbocycles. The molecule has 10 nitrogen and oxygen atoms in total. The maximum absolute atomic E-state index is 14.1.